The van der Waals surface area contributed by atoms with Crippen LogP contribution in [0.3, 0.4) is 0 Å². The number of esters is 1. The van der Waals surface area contributed by atoms with Crippen LogP contribution >= 0.6 is 15.9 Å². The Morgan fingerprint density at radius 1 is 1.00 bits per heavy atom. The molecule has 3 rings (SSSR count). The average molecular weight is 516 g/mol. The summed E-state index contributed by atoms with van der Waals surface area (Å²) in [4.78, 5) is 37.6. The fourth-order valence-electron chi connectivity index (χ4n) is 2.86. The largest absolute Gasteiger partial charge is 0.492 e. The van der Waals surface area contributed by atoms with Crippen LogP contribution in [0.1, 0.15) is 24.3 Å². The second-order valence-electron chi connectivity index (χ2n) is 6.57. The number of carbonyl (C=O) groups is 2. The van der Waals surface area contributed by atoms with Gasteiger partial charge in [-0.1, -0.05) is 34.1 Å². The molecule has 0 unspecified atom stereocenters. The number of para-hydroxylation sites is 2. The molecular weight excluding hydrogens is 494 g/mol. The molecule has 0 aliphatic carbocycles. The lowest BCUT2D eigenvalue weighted by atomic mass is 10.3. The highest BCUT2D eigenvalue weighted by atomic mass is 79.9. The van der Waals surface area contributed by atoms with E-state index in [0.29, 0.717) is 23.7 Å². The summed E-state index contributed by atoms with van der Waals surface area (Å²) < 4.78 is 17.8. The zero-order chi connectivity index (χ0) is 23.8. The topological polar surface area (TPSA) is 109 Å². The molecule has 0 fully saturated rings. The molecular formula is C23H22BrN3O6. The van der Waals surface area contributed by atoms with E-state index < -0.39 is 24.0 Å². The van der Waals surface area contributed by atoms with Crippen molar-refractivity contribution in [2.24, 2.45) is 0 Å². The molecule has 1 heterocycles. The minimum atomic E-state index is -0.779. The summed E-state index contributed by atoms with van der Waals surface area (Å²) in [7, 11) is 0. The predicted octanol–water partition coefficient (Wildman–Crippen LogP) is 3.59. The van der Waals surface area contributed by atoms with Crippen molar-refractivity contribution < 1.29 is 23.8 Å². The maximum atomic E-state index is 12.7. The molecule has 1 N–H and O–H groups in total. The molecule has 2 aromatic carbocycles. The summed E-state index contributed by atoms with van der Waals surface area (Å²) in [5.41, 5.74) is 0.149. The van der Waals surface area contributed by atoms with Gasteiger partial charge in [-0.15, -0.1) is 0 Å². The summed E-state index contributed by atoms with van der Waals surface area (Å²) in [5.74, 6) is -0.928. The quantitative estimate of drug-likeness (QED) is 0.433. The molecule has 10 heteroatoms. The standard InChI is InChI=1S/C23H22BrN3O6/c1-3-31-18-11-6-5-10-17(18)25-20(28)14-33-19-13-21(29)27(16-9-7-8-15(24)12-16)26-22(19)23(30)32-4-2/h5-13H,3-4,14H2,1-2H3,(H,25,28). The molecule has 1 amide bonds. The van der Waals surface area contributed by atoms with E-state index in [1.807, 2.05) is 6.92 Å². The summed E-state index contributed by atoms with van der Waals surface area (Å²) >= 11 is 3.34. The van der Waals surface area contributed by atoms with Crippen molar-refractivity contribution in [2.45, 2.75) is 13.8 Å². The van der Waals surface area contributed by atoms with Crippen molar-refractivity contribution in [3.05, 3.63) is 75.1 Å². The lowest BCUT2D eigenvalue weighted by Gasteiger charge is -2.14. The first kappa shape index (κ1) is 24.0. The minimum Gasteiger partial charge on any atom is -0.492 e. The van der Waals surface area contributed by atoms with Crippen LogP contribution in [-0.2, 0) is 9.53 Å². The lowest BCUT2D eigenvalue weighted by Crippen LogP contribution is -2.27. The van der Waals surface area contributed by atoms with Crippen molar-refractivity contribution in [1.29, 1.82) is 0 Å². The van der Waals surface area contributed by atoms with E-state index in [1.165, 1.54) is 0 Å². The second kappa shape index (κ2) is 11.3. The second-order valence-corrected chi connectivity index (χ2v) is 7.49. The van der Waals surface area contributed by atoms with Gasteiger partial charge >= 0.3 is 5.97 Å². The Bertz CT molecular complexity index is 1210. The molecule has 1 aromatic heterocycles. The van der Waals surface area contributed by atoms with E-state index in [4.69, 9.17) is 14.2 Å². The number of carbonyl (C=O) groups excluding carboxylic acids is 2. The smallest absolute Gasteiger partial charge is 0.362 e. The van der Waals surface area contributed by atoms with Gasteiger partial charge in [-0.05, 0) is 44.2 Å². The summed E-state index contributed by atoms with van der Waals surface area (Å²) in [5, 5.41) is 6.82. The highest BCUT2D eigenvalue weighted by molar-refractivity contribution is 9.10. The highest BCUT2D eigenvalue weighted by Crippen LogP contribution is 2.24. The molecule has 0 bridgehead atoms. The highest BCUT2D eigenvalue weighted by Gasteiger charge is 2.21. The Morgan fingerprint density at radius 3 is 2.52 bits per heavy atom. The van der Waals surface area contributed by atoms with Gasteiger partial charge in [-0.3, -0.25) is 9.59 Å². The molecule has 0 radical (unpaired) electrons. The van der Waals surface area contributed by atoms with Gasteiger partial charge in [0.1, 0.15) is 5.75 Å². The van der Waals surface area contributed by atoms with Crippen LogP contribution in [0.15, 0.2) is 63.9 Å². The van der Waals surface area contributed by atoms with Gasteiger partial charge < -0.3 is 19.5 Å². The number of hydrogen-bond acceptors (Lipinski definition) is 7. The van der Waals surface area contributed by atoms with E-state index in [0.717, 1.165) is 15.2 Å². The van der Waals surface area contributed by atoms with Crippen LogP contribution < -0.4 is 20.3 Å². The van der Waals surface area contributed by atoms with Gasteiger partial charge in [0.2, 0.25) is 5.69 Å². The monoisotopic (exact) mass is 515 g/mol. The Hall–Kier alpha value is -3.66. The fraction of sp³-hybridized carbons (Fsp3) is 0.217. The summed E-state index contributed by atoms with van der Waals surface area (Å²) in [6, 6.07) is 14.9. The van der Waals surface area contributed by atoms with Crippen LogP contribution in [0.2, 0.25) is 0 Å². The number of ether oxygens (including phenoxy) is 3. The molecule has 33 heavy (non-hydrogen) atoms. The van der Waals surface area contributed by atoms with Gasteiger partial charge in [0, 0.05) is 4.47 Å². The van der Waals surface area contributed by atoms with E-state index >= 15 is 0 Å². The summed E-state index contributed by atoms with van der Waals surface area (Å²) in [6.45, 7) is 3.56. The van der Waals surface area contributed by atoms with Crippen molar-refractivity contribution in [2.75, 3.05) is 25.1 Å². The number of anilines is 1. The number of aromatic nitrogens is 2. The zero-order valence-electron chi connectivity index (χ0n) is 18.0. The molecule has 9 nitrogen and oxygen atoms in total. The molecule has 0 saturated heterocycles. The SMILES string of the molecule is CCOC(=O)c1nn(-c2cccc(Br)c2)c(=O)cc1OCC(=O)Nc1ccccc1OCC. The Kier molecular flexibility index (Phi) is 8.20. The maximum absolute atomic E-state index is 12.7. The third-order valence-electron chi connectivity index (χ3n) is 4.24. The summed E-state index contributed by atoms with van der Waals surface area (Å²) in [6.07, 6.45) is 0. The minimum absolute atomic E-state index is 0.102. The number of hydrogen-bond donors (Lipinski definition) is 1. The van der Waals surface area contributed by atoms with Crippen LogP contribution in [0, 0.1) is 0 Å². The predicted molar refractivity (Wildman–Crippen MR) is 125 cm³/mol. The molecule has 0 saturated carbocycles. The van der Waals surface area contributed by atoms with Crippen molar-refractivity contribution in [1.82, 2.24) is 9.78 Å². The number of rotatable bonds is 9. The number of nitrogens with zero attached hydrogens (tertiary/aromatic N) is 2. The molecule has 0 aliphatic heterocycles. The van der Waals surface area contributed by atoms with E-state index in [9.17, 15) is 14.4 Å². The van der Waals surface area contributed by atoms with Crippen molar-refractivity contribution in [3.8, 4) is 17.2 Å². The molecule has 0 spiro atoms. The van der Waals surface area contributed by atoms with Gasteiger partial charge in [0.15, 0.2) is 12.4 Å². The number of amides is 1. The van der Waals surface area contributed by atoms with Crippen molar-refractivity contribution in [3.63, 3.8) is 0 Å². The van der Waals surface area contributed by atoms with E-state index in [1.54, 1.807) is 55.5 Å². The number of nitrogens with one attached hydrogen (secondary N) is 1. The van der Waals surface area contributed by atoms with Crippen LogP contribution in [0.5, 0.6) is 11.5 Å². The first-order valence-corrected chi connectivity index (χ1v) is 10.9. The molecule has 0 aliphatic rings. The Labute approximate surface area is 198 Å². The first-order valence-electron chi connectivity index (χ1n) is 10.1. The lowest BCUT2D eigenvalue weighted by molar-refractivity contribution is -0.118. The molecule has 0 atom stereocenters. The zero-order valence-corrected chi connectivity index (χ0v) is 19.6. The fourth-order valence-corrected chi connectivity index (χ4v) is 3.25. The van der Waals surface area contributed by atoms with Crippen LogP contribution in [-0.4, -0.2) is 41.5 Å². The normalized spacial score (nSPS) is 10.4. The average Bonchev–Trinajstić information content (AvgIpc) is 2.79. The number of halogens is 1. The third kappa shape index (κ3) is 6.19. The van der Waals surface area contributed by atoms with E-state index in [-0.39, 0.29) is 18.1 Å². The van der Waals surface area contributed by atoms with Gasteiger partial charge in [0.05, 0.1) is 30.7 Å². The van der Waals surface area contributed by atoms with Gasteiger partial charge in [-0.2, -0.15) is 9.78 Å². The molecule has 3 aromatic rings. The van der Waals surface area contributed by atoms with Crippen LogP contribution in [0.25, 0.3) is 5.69 Å². The van der Waals surface area contributed by atoms with Gasteiger partial charge in [0.25, 0.3) is 11.5 Å². The third-order valence-corrected chi connectivity index (χ3v) is 4.73. The van der Waals surface area contributed by atoms with E-state index in [2.05, 4.69) is 26.3 Å². The van der Waals surface area contributed by atoms with Crippen LogP contribution in [0.4, 0.5) is 5.69 Å². The first-order chi connectivity index (χ1) is 15.9. The number of benzene rings is 2. The Balaban J connectivity index is 1.85. The Morgan fingerprint density at radius 2 is 1.79 bits per heavy atom. The van der Waals surface area contributed by atoms with Crippen molar-refractivity contribution >= 4 is 33.5 Å². The maximum Gasteiger partial charge on any atom is 0.362 e. The van der Waals surface area contributed by atoms with Gasteiger partial charge in [-0.25, -0.2) is 4.79 Å². The molecule has 172 valence electrons.